The molecule has 19 heavy (non-hydrogen) atoms. The number of rotatable bonds is 13. The van der Waals surface area contributed by atoms with Crippen LogP contribution in [0.4, 0.5) is 0 Å². The van der Waals surface area contributed by atoms with Crippen LogP contribution in [0.3, 0.4) is 0 Å². The minimum absolute atomic E-state index is 0.0905. The topological polar surface area (TPSA) is 20.2 Å². The fourth-order valence-corrected chi connectivity index (χ4v) is 2.91. The van der Waals surface area contributed by atoms with Gasteiger partial charge >= 0.3 is 0 Å². The van der Waals surface area contributed by atoms with Crippen molar-refractivity contribution >= 4 is 0 Å². The second-order valence-electron chi connectivity index (χ2n) is 6.58. The Balaban J connectivity index is 4.09. The average Bonchev–Trinajstić information content (AvgIpc) is 2.42. The maximum atomic E-state index is 10.6. The molecule has 0 rings (SSSR count). The highest BCUT2D eigenvalue weighted by Gasteiger charge is 2.31. The van der Waals surface area contributed by atoms with Gasteiger partial charge in [-0.2, -0.15) is 0 Å². The first-order chi connectivity index (χ1) is 9.10. The molecule has 0 aliphatic heterocycles. The van der Waals surface area contributed by atoms with E-state index in [9.17, 15) is 5.11 Å². The molecule has 0 bridgehead atoms. The fraction of sp³-hybridized carbons (Fsp3) is 1.00. The minimum Gasteiger partial charge on any atom is -0.393 e. The standard InChI is InChI=1S/C18H38O/c1-5-8-11-12-13-14-17(19)18(4,15-9-6-2)16-10-7-3/h17,19H,5-16H2,1-4H3. The quantitative estimate of drug-likeness (QED) is 0.401. The summed E-state index contributed by atoms with van der Waals surface area (Å²) in [5.74, 6) is 0. The zero-order valence-electron chi connectivity index (χ0n) is 14.0. The summed E-state index contributed by atoms with van der Waals surface area (Å²) in [6, 6.07) is 0. The second kappa shape index (κ2) is 11.8. The van der Waals surface area contributed by atoms with Crippen molar-refractivity contribution in [2.75, 3.05) is 0 Å². The normalized spacial score (nSPS) is 13.7. The van der Waals surface area contributed by atoms with E-state index in [2.05, 4.69) is 27.7 Å². The summed E-state index contributed by atoms with van der Waals surface area (Å²) in [5, 5.41) is 10.6. The van der Waals surface area contributed by atoms with E-state index in [4.69, 9.17) is 0 Å². The molecule has 0 aliphatic rings. The SMILES string of the molecule is CCCCCCCC(O)C(C)(CCCC)CCCC. The number of aliphatic hydroxyl groups excluding tert-OH is 1. The molecule has 1 N–H and O–H groups in total. The van der Waals surface area contributed by atoms with E-state index in [0.717, 1.165) is 6.42 Å². The zero-order valence-corrected chi connectivity index (χ0v) is 14.0. The molecule has 0 radical (unpaired) electrons. The molecule has 0 aromatic heterocycles. The van der Waals surface area contributed by atoms with Crippen LogP contribution in [0.25, 0.3) is 0 Å². The lowest BCUT2D eigenvalue weighted by atomic mass is 9.74. The van der Waals surface area contributed by atoms with E-state index in [0.29, 0.717) is 0 Å². The Kier molecular flexibility index (Phi) is 11.7. The van der Waals surface area contributed by atoms with Gasteiger partial charge in [-0.1, -0.05) is 85.5 Å². The molecule has 0 aromatic rings. The maximum absolute atomic E-state index is 10.6. The van der Waals surface area contributed by atoms with Gasteiger partial charge in [0, 0.05) is 0 Å². The van der Waals surface area contributed by atoms with E-state index in [1.165, 1.54) is 70.6 Å². The van der Waals surface area contributed by atoms with Crippen molar-refractivity contribution in [1.29, 1.82) is 0 Å². The van der Waals surface area contributed by atoms with Gasteiger partial charge in [0.2, 0.25) is 0 Å². The van der Waals surface area contributed by atoms with Crippen molar-refractivity contribution in [1.82, 2.24) is 0 Å². The Labute approximate surface area is 122 Å². The first-order valence-corrected chi connectivity index (χ1v) is 8.78. The van der Waals surface area contributed by atoms with Gasteiger partial charge < -0.3 is 5.11 Å². The number of hydrogen-bond donors (Lipinski definition) is 1. The second-order valence-corrected chi connectivity index (χ2v) is 6.58. The third-order valence-electron chi connectivity index (χ3n) is 4.59. The van der Waals surface area contributed by atoms with Crippen LogP contribution in [0.1, 0.15) is 105 Å². The summed E-state index contributed by atoms with van der Waals surface area (Å²) < 4.78 is 0. The Morgan fingerprint density at radius 2 is 1.21 bits per heavy atom. The van der Waals surface area contributed by atoms with E-state index in [1.54, 1.807) is 0 Å². The number of unbranched alkanes of at least 4 members (excludes halogenated alkanes) is 6. The molecule has 1 atom stereocenters. The molecule has 0 aliphatic carbocycles. The van der Waals surface area contributed by atoms with Gasteiger partial charge in [-0.05, 0) is 24.7 Å². The lowest BCUT2D eigenvalue weighted by Crippen LogP contribution is -2.32. The van der Waals surface area contributed by atoms with Crippen LogP contribution < -0.4 is 0 Å². The molecular formula is C18H38O. The van der Waals surface area contributed by atoms with Crippen molar-refractivity contribution in [3.05, 3.63) is 0 Å². The van der Waals surface area contributed by atoms with E-state index in [1.807, 2.05) is 0 Å². The van der Waals surface area contributed by atoms with Crippen LogP contribution >= 0.6 is 0 Å². The third kappa shape index (κ3) is 8.68. The third-order valence-corrected chi connectivity index (χ3v) is 4.59. The van der Waals surface area contributed by atoms with Crippen LogP contribution in [-0.2, 0) is 0 Å². The molecule has 0 fully saturated rings. The Morgan fingerprint density at radius 1 is 0.737 bits per heavy atom. The van der Waals surface area contributed by atoms with Gasteiger partial charge in [-0.25, -0.2) is 0 Å². The number of hydrogen-bond acceptors (Lipinski definition) is 1. The van der Waals surface area contributed by atoms with Gasteiger partial charge in [0.15, 0.2) is 0 Å². The van der Waals surface area contributed by atoms with Gasteiger partial charge in [-0.15, -0.1) is 0 Å². The fourth-order valence-electron chi connectivity index (χ4n) is 2.91. The molecule has 0 heterocycles. The van der Waals surface area contributed by atoms with Gasteiger partial charge in [0.1, 0.15) is 0 Å². The molecule has 1 unspecified atom stereocenters. The largest absolute Gasteiger partial charge is 0.393 e. The van der Waals surface area contributed by atoms with Crippen LogP contribution in [0.5, 0.6) is 0 Å². The first-order valence-electron chi connectivity index (χ1n) is 8.78. The smallest absolute Gasteiger partial charge is 0.0593 e. The van der Waals surface area contributed by atoms with Crippen molar-refractivity contribution in [3.8, 4) is 0 Å². The maximum Gasteiger partial charge on any atom is 0.0593 e. The summed E-state index contributed by atoms with van der Waals surface area (Å²) in [4.78, 5) is 0. The zero-order chi connectivity index (χ0) is 14.6. The predicted octanol–water partition coefficient (Wildman–Crippen LogP) is 6.09. The molecule has 1 nitrogen and oxygen atoms in total. The van der Waals surface area contributed by atoms with Gasteiger partial charge in [0.05, 0.1) is 6.10 Å². The summed E-state index contributed by atoms with van der Waals surface area (Å²) in [6.45, 7) is 9.06. The Bertz CT molecular complexity index is 180. The lowest BCUT2D eigenvalue weighted by Gasteiger charge is -2.35. The van der Waals surface area contributed by atoms with Gasteiger partial charge in [-0.3, -0.25) is 0 Å². The highest BCUT2D eigenvalue weighted by atomic mass is 16.3. The Hall–Kier alpha value is -0.0400. The van der Waals surface area contributed by atoms with E-state index >= 15 is 0 Å². The van der Waals surface area contributed by atoms with Crippen molar-refractivity contribution in [2.24, 2.45) is 5.41 Å². The average molecular weight is 271 g/mol. The molecular weight excluding hydrogens is 232 g/mol. The van der Waals surface area contributed by atoms with Crippen LogP contribution in [0.2, 0.25) is 0 Å². The first kappa shape index (κ1) is 19.0. The number of aliphatic hydroxyl groups is 1. The van der Waals surface area contributed by atoms with Crippen molar-refractivity contribution in [2.45, 2.75) is 111 Å². The Morgan fingerprint density at radius 3 is 1.68 bits per heavy atom. The minimum atomic E-state index is -0.0905. The lowest BCUT2D eigenvalue weighted by molar-refractivity contribution is 0.0131. The van der Waals surface area contributed by atoms with Crippen molar-refractivity contribution in [3.63, 3.8) is 0 Å². The van der Waals surface area contributed by atoms with Crippen molar-refractivity contribution < 1.29 is 5.11 Å². The molecule has 0 saturated heterocycles. The highest BCUT2D eigenvalue weighted by molar-refractivity contribution is 4.82. The van der Waals surface area contributed by atoms with Crippen LogP contribution in [0, 0.1) is 5.41 Å². The van der Waals surface area contributed by atoms with E-state index in [-0.39, 0.29) is 11.5 Å². The van der Waals surface area contributed by atoms with E-state index < -0.39 is 0 Å². The molecule has 0 saturated carbocycles. The highest BCUT2D eigenvalue weighted by Crippen LogP contribution is 2.36. The summed E-state index contributed by atoms with van der Waals surface area (Å²) in [5.41, 5.74) is 0.163. The molecule has 0 amide bonds. The van der Waals surface area contributed by atoms with Crippen LogP contribution in [0.15, 0.2) is 0 Å². The van der Waals surface area contributed by atoms with Gasteiger partial charge in [0.25, 0.3) is 0 Å². The summed E-state index contributed by atoms with van der Waals surface area (Å²) in [6.07, 6.45) is 14.8. The van der Waals surface area contributed by atoms with Crippen LogP contribution in [-0.4, -0.2) is 11.2 Å². The molecule has 0 spiro atoms. The summed E-state index contributed by atoms with van der Waals surface area (Å²) in [7, 11) is 0. The molecule has 1 heteroatoms. The molecule has 0 aromatic carbocycles. The summed E-state index contributed by atoms with van der Waals surface area (Å²) >= 11 is 0. The monoisotopic (exact) mass is 270 g/mol. The molecule has 116 valence electrons. The predicted molar refractivity (Wildman–Crippen MR) is 86.5 cm³/mol.